The molecule has 2 aromatic rings. The van der Waals surface area contributed by atoms with E-state index in [1.54, 1.807) is 6.07 Å². The van der Waals surface area contributed by atoms with Crippen LogP contribution in [0.5, 0.6) is 5.75 Å². The van der Waals surface area contributed by atoms with Gasteiger partial charge in [-0.25, -0.2) is 0 Å². The van der Waals surface area contributed by atoms with Crippen molar-refractivity contribution in [1.82, 2.24) is 0 Å². The van der Waals surface area contributed by atoms with Crippen molar-refractivity contribution in [1.29, 1.82) is 5.26 Å². The van der Waals surface area contributed by atoms with Crippen molar-refractivity contribution in [2.45, 2.75) is 45.5 Å². The number of hydrogen-bond acceptors (Lipinski definition) is 4. The van der Waals surface area contributed by atoms with Crippen molar-refractivity contribution < 1.29 is 14.0 Å². The number of hydrogen-bond donors (Lipinski definition) is 0. The predicted octanol–water partition coefficient (Wildman–Crippen LogP) is 3.44. The summed E-state index contributed by atoms with van der Waals surface area (Å²) >= 11 is 0. The van der Waals surface area contributed by atoms with Crippen LogP contribution in [0.15, 0.2) is 48.5 Å². The first-order valence-electron chi connectivity index (χ1n) is 8.39. The molecule has 3 rings (SSSR count). The molecule has 0 atom stereocenters. The SMILES string of the molecule is CC1(C)OB(c2cccc(OCc3ccccc3C#N)c2)OC1(C)C. The van der Waals surface area contributed by atoms with Crippen LogP contribution in [0.25, 0.3) is 0 Å². The van der Waals surface area contributed by atoms with Gasteiger partial charge in [0.05, 0.1) is 22.8 Å². The molecule has 0 N–H and O–H groups in total. The quantitative estimate of drug-likeness (QED) is 0.803. The van der Waals surface area contributed by atoms with Crippen molar-refractivity contribution in [3.05, 3.63) is 59.7 Å². The fourth-order valence-corrected chi connectivity index (χ4v) is 2.65. The maximum Gasteiger partial charge on any atom is 0.494 e. The monoisotopic (exact) mass is 335 g/mol. The maximum atomic E-state index is 9.16. The molecule has 25 heavy (non-hydrogen) atoms. The van der Waals surface area contributed by atoms with E-state index in [1.165, 1.54) is 0 Å². The van der Waals surface area contributed by atoms with Gasteiger partial charge in [0.15, 0.2) is 0 Å². The van der Waals surface area contributed by atoms with Crippen LogP contribution in [-0.4, -0.2) is 18.3 Å². The molecular formula is C20H22BNO3. The maximum absolute atomic E-state index is 9.16. The number of benzene rings is 2. The highest BCUT2D eigenvalue weighted by molar-refractivity contribution is 6.62. The predicted molar refractivity (Wildman–Crippen MR) is 97.6 cm³/mol. The Morgan fingerprint density at radius 3 is 2.36 bits per heavy atom. The van der Waals surface area contributed by atoms with E-state index < -0.39 is 7.12 Å². The molecule has 0 aliphatic carbocycles. The van der Waals surface area contributed by atoms with E-state index in [9.17, 15) is 0 Å². The van der Waals surface area contributed by atoms with Gasteiger partial charge in [0.25, 0.3) is 0 Å². The molecule has 1 aliphatic rings. The van der Waals surface area contributed by atoms with Gasteiger partial charge < -0.3 is 14.0 Å². The summed E-state index contributed by atoms with van der Waals surface area (Å²) in [5, 5.41) is 9.16. The third-order valence-electron chi connectivity index (χ3n) is 4.92. The van der Waals surface area contributed by atoms with Crippen molar-refractivity contribution in [2.24, 2.45) is 0 Å². The van der Waals surface area contributed by atoms with Crippen molar-refractivity contribution in [3.8, 4) is 11.8 Å². The lowest BCUT2D eigenvalue weighted by atomic mass is 9.79. The van der Waals surface area contributed by atoms with E-state index in [0.717, 1.165) is 16.8 Å². The molecule has 0 radical (unpaired) electrons. The highest BCUT2D eigenvalue weighted by atomic mass is 16.7. The fourth-order valence-electron chi connectivity index (χ4n) is 2.65. The van der Waals surface area contributed by atoms with Crippen LogP contribution in [-0.2, 0) is 15.9 Å². The van der Waals surface area contributed by atoms with E-state index in [4.69, 9.17) is 19.3 Å². The highest BCUT2D eigenvalue weighted by Crippen LogP contribution is 2.36. The molecule has 0 spiro atoms. The van der Waals surface area contributed by atoms with Gasteiger partial charge in [0.1, 0.15) is 12.4 Å². The van der Waals surface area contributed by atoms with Gasteiger partial charge in [-0.1, -0.05) is 30.3 Å². The minimum atomic E-state index is -0.417. The van der Waals surface area contributed by atoms with E-state index >= 15 is 0 Å². The van der Waals surface area contributed by atoms with E-state index in [0.29, 0.717) is 12.2 Å². The molecular weight excluding hydrogens is 313 g/mol. The molecule has 1 heterocycles. The van der Waals surface area contributed by atoms with Gasteiger partial charge in [0, 0.05) is 5.56 Å². The van der Waals surface area contributed by atoms with Crippen molar-refractivity contribution >= 4 is 12.6 Å². The average Bonchev–Trinajstić information content (AvgIpc) is 2.81. The molecule has 4 nitrogen and oxygen atoms in total. The standard InChI is InChI=1S/C20H22BNO3/c1-19(2)20(3,4)25-21(24-19)17-10-7-11-18(12-17)23-14-16-9-6-5-8-15(16)13-22/h5-12H,14H2,1-4H3. The Morgan fingerprint density at radius 2 is 1.68 bits per heavy atom. The number of rotatable bonds is 4. The van der Waals surface area contributed by atoms with Crippen LogP contribution < -0.4 is 10.2 Å². The molecule has 0 unspecified atom stereocenters. The smallest absolute Gasteiger partial charge is 0.489 e. The lowest BCUT2D eigenvalue weighted by Gasteiger charge is -2.32. The van der Waals surface area contributed by atoms with Gasteiger partial charge >= 0.3 is 7.12 Å². The lowest BCUT2D eigenvalue weighted by molar-refractivity contribution is 0.00578. The molecule has 5 heteroatoms. The fraction of sp³-hybridized carbons (Fsp3) is 0.350. The second kappa shape index (κ2) is 6.55. The lowest BCUT2D eigenvalue weighted by Crippen LogP contribution is -2.41. The largest absolute Gasteiger partial charge is 0.494 e. The first-order valence-corrected chi connectivity index (χ1v) is 8.39. The minimum absolute atomic E-state index is 0.344. The molecule has 0 saturated carbocycles. The van der Waals surface area contributed by atoms with Gasteiger partial charge in [-0.15, -0.1) is 0 Å². The van der Waals surface area contributed by atoms with Crippen LogP contribution in [0.4, 0.5) is 0 Å². The number of ether oxygens (including phenoxy) is 1. The van der Waals surface area contributed by atoms with Crippen LogP contribution in [0, 0.1) is 11.3 Å². The van der Waals surface area contributed by atoms with Gasteiger partial charge in [-0.05, 0) is 51.4 Å². The van der Waals surface area contributed by atoms with E-state index in [-0.39, 0.29) is 11.2 Å². The minimum Gasteiger partial charge on any atom is -0.489 e. The summed E-state index contributed by atoms with van der Waals surface area (Å²) in [5.74, 6) is 0.722. The Morgan fingerprint density at radius 1 is 1.00 bits per heavy atom. The van der Waals surface area contributed by atoms with E-state index in [1.807, 2.05) is 70.2 Å². The summed E-state index contributed by atoms with van der Waals surface area (Å²) in [5.41, 5.74) is 1.67. The topological polar surface area (TPSA) is 51.5 Å². The van der Waals surface area contributed by atoms with Crippen LogP contribution in [0.1, 0.15) is 38.8 Å². The normalized spacial score (nSPS) is 18.0. The third kappa shape index (κ3) is 3.56. The Balaban J connectivity index is 1.74. The van der Waals surface area contributed by atoms with Crippen molar-refractivity contribution in [2.75, 3.05) is 0 Å². The third-order valence-corrected chi connectivity index (χ3v) is 4.92. The first kappa shape index (κ1) is 17.5. The van der Waals surface area contributed by atoms with Crippen LogP contribution >= 0.6 is 0 Å². The average molecular weight is 335 g/mol. The summed E-state index contributed by atoms with van der Waals surface area (Å²) in [6.07, 6.45) is 0. The molecule has 1 saturated heterocycles. The second-order valence-electron chi connectivity index (χ2n) is 7.22. The summed E-state index contributed by atoms with van der Waals surface area (Å²) in [6.45, 7) is 8.48. The zero-order valence-corrected chi connectivity index (χ0v) is 15.1. The summed E-state index contributed by atoms with van der Waals surface area (Å²) in [6, 6.07) is 17.3. The van der Waals surface area contributed by atoms with Crippen molar-refractivity contribution in [3.63, 3.8) is 0 Å². The zero-order valence-electron chi connectivity index (χ0n) is 15.1. The molecule has 0 aromatic heterocycles. The highest BCUT2D eigenvalue weighted by Gasteiger charge is 2.51. The van der Waals surface area contributed by atoms with Crippen LogP contribution in [0.3, 0.4) is 0 Å². The molecule has 2 aromatic carbocycles. The van der Waals surface area contributed by atoms with Gasteiger partial charge in [-0.3, -0.25) is 0 Å². The Hall–Kier alpha value is -2.29. The second-order valence-corrected chi connectivity index (χ2v) is 7.22. The molecule has 128 valence electrons. The van der Waals surface area contributed by atoms with Gasteiger partial charge in [0.2, 0.25) is 0 Å². The van der Waals surface area contributed by atoms with Gasteiger partial charge in [-0.2, -0.15) is 5.26 Å². The summed E-state index contributed by atoms with van der Waals surface area (Å²) in [7, 11) is -0.417. The molecule has 1 fully saturated rings. The van der Waals surface area contributed by atoms with Crippen LogP contribution in [0.2, 0.25) is 0 Å². The molecule has 0 bridgehead atoms. The molecule has 0 amide bonds. The Kier molecular flexibility index (Phi) is 4.59. The summed E-state index contributed by atoms with van der Waals surface area (Å²) in [4.78, 5) is 0. The number of nitrogens with zero attached hydrogens (tertiary/aromatic N) is 1. The Bertz CT molecular complexity index is 795. The Labute approximate surface area is 149 Å². The van der Waals surface area contributed by atoms with E-state index in [2.05, 4.69) is 6.07 Å². The zero-order chi connectivity index (χ0) is 18.1. The summed E-state index contributed by atoms with van der Waals surface area (Å²) < 4.78 is 18.0. The number of nitriles is 1. The molecule has 1 aliphatic heterocycles. The first-order chi connectivity index (χ1) is 11.8.